The number of ether oxygens (including phenoxy) is 4. The number of para-hydroxylation sites is 2. The van der Waals surface area contributed by atoms with Crippen LogP contribution in [0.3, 0.4) is 0 Å². The van der Waals surface area contributed by atoms with Gasteiger partial charge in [-0.05, 0) is 83.6 Å². The van der Waals surface area contributed by atoms with Gasteiger partial charge >= 0.3 is 0 Å². The van der Waals surface area contributed by atoms with E-state index in [1.807, 2.05) is 146 Å². The molecule has 10 aromatic carbocycles. The Morgan fingerprint density at radius 3 is 1.19 bits per heavy atom. The second-order valence-corrected chi connectivity index (χ2v) is 22.1. The molecule has 0 spiro atoms. The maximum Gasteiger partial charge on any atom is 0.189 e. The first kappa shape index (κ1) is 33.8. The minimum absolute atomic E-state index is 0.473. The Bertz CT molecular complexity index is 3740. The summed E-state index contributed by atoms with van der Waals surface area (Å²) in [4.78, 5) is 4.39. The number of nitrogens with zero attached hydrogens (tertiary/aromatic N) is 2. The number of hydrogen-bond donors (Lipinski definition) is 0. The molecule has 0 fully saturated rings. The number of anilines is 6. The number of fused-ring (bicyclic) bond motifs is 7. The quantitative estimate of drug-likeness (QED) is 0.159. The summed E-state index contributed by atoms with van der Waals surface area (Å²) in [6.07, 6.45) is 0. The predicted molar refractivity (Wildman–Crippen MR) is 255 cm³/mol. The third kappa shape index (κ3) is 3.76. The molecule has 0 aromatic heterocycles. The summed E-state index contributed by atoms with van der Waals surface area (Å²) in [5.41, 5.74) is 4.67. The Morgan fingerprint density at radius 2 is 0.734 bits per heavy atom. The molecule has 0 amide bonds. The fourth-order valence-corrected chi connectivity index (χ4v) is 18.2. The van der Waals surface area contributed by atoms with Gasteiger partial charge in [0.15, 0.2) is 14.3 Å². The summed E-state index contributed by atoms with van der Waals surface area (Å²) < 4.78 is 62.3. The third-order valence-electron chi connectivity index (χ3n) is 13.8. The van der Waals surface area contributed by atoms with Crippen molar-refractivity contribution in [3.05, 3.63) is 170 Å². The molecule has 0 saturated carbocycles. The van der Waals surface area contributed by atoms with Gasteiger partial charge in [0.05, 0.1) is 44.0 Å². The van der Waals surface area contributed by atoms with Gasteiger partial charge in [-0.2, -0.15) is 0 Å². The summed E-state index contributed by atoms with van der Waals surface area (Å²) in [5, 5.41) is 8.70. The molecule has 0 N–H and O–H groups in total. The minimum atomic E-state index is -3.74. The maximum atomic E-state index is 17.1. The van der Waals surface area contributed by atoms with E-state index in [0.717, 1.165) is 55.1 Å². The highest BCUT2D eigenvalue weighted by Crippen LogP contribution is 2.70. The zero-order valence-electron chi connectivity index (χ0n) is 33.4. The van der Waals surface area contributed by atoms with Crippen LogP contribution in [0.2, 0.25) is 0 Å². The van der Waals surface area contributed by atoms with Gasteiger partial charge in [0.2, 0.25) is 0 Å². The van der Waals surface area contributed by atoms with Crippen LogP contribution in [0.15, 0.2) is 170 Å². The Hall–Kier alpha value is -7.76. The first-order valence-electron chi connectivity index (χ1n) is 21.2. The molecule has 6 aliphatic heterocycles. The molecular weight excluding hydrogens is 835 g/mol. The van der Waals surface area contributed by atoms with Crippen molar-refractivity contribution in [2.45, 2.75) is 0 Å². The van der Waals surface area contributed by atoms with Crippen molar-refractivity contribution >= 4 is 113 Å². The van der Waals surface area contributed by atoms with Crippen molar-refractivity contribution in [3.63, 3.8) is 0 Å². The summed E-state index contributed by atoms with van der Waals surface area (Å²) in [6.45, 7) is 0. The molecular formula is C54H28N2O6P2. The second kappa shape index (κ2) is 11.2. The van der Waals surface area contributed by atoms with Crippen LogP contribution < -0.4 is 60.6 Å². The fourth-order valence-electron chi connectivity index (χ4n) is 11.4. The molecule has 10 aromatic rings. The molecule has 2 unspecified atom stereocenters. The first-order valence-corrected chi connectivity index (χ1v) is 24.6. The third-order valence-corrected chi connectivity index (χ3v) is 20.2. The lowest BCUT2D eigenvalue weighted by Crippen LogP contribution is -2.44. The van der Waals surface area contributed by atoms with Crippen LogP contribution in [-0.2, 0) is 9.13 Å². The SMILES string of the molecule is O=P12c3c4cccc3N(c3ccccc3)c3c1c(cc1c5c6c(cc31)Oc1cc3ccccc3c3c1P6(=O)c1c(cccc1N5c1ccccc1)O3)Oc1cc3ccccc3c(c12)O4. The summed E-state index contributed by atoms with van der Waals surface area (Å²) in [5.74, 6) is 4.15. The largest absolute Gasteiger partial charge is 0.455 e. The standard InChI is InChI=1S/C54H28N2O6P2/c57-63-49-37-21-11-23-39(49)61-47-33-19-9-7-13-29(33)25-41(53(47)63)59-43-28-36-35(45(51(43)63)55(37)31-15-3-1-4-16-31)27-44-52-46(36)56(32-17-5-2-6-18-32)38-22-12-24-40-50(38)64(52,58)54-42(60-44)26-30-14-8-10-20-34(30)48(54)62-40/h1-28H. The predicted octanol–water partition coefficient (Wildman–Crippen LogP) is 12.4. The van der Waals surface area contributed by atoms with Gasteiger partial charge in [0.25, 0.3) is 0 Å². The van der Waals surface area contributed by atoms with E-state index in [1.54, 1.807) is 0 Å². The van der Waals surface area contributed by atoms with Gasteiger partial charge in [-0.15, -0.1) is 0 Å². The highest BCUT2D eigenvalue weighted by Gasteiger charge is 2.57. The van der Waals surface area contributed by atoms with E-state index in [9.17, 15) is 0 Å². The minimum Gasteiger partial charge on any atom is -0.455 e. The van der Waals surface area contributed by atoms with E-state index in [0.29, 0.717) is 89.2 Å². The summed E-state index contributed by atoms with van der Waals surface area (Å²) in [6, 6.07) is 56.2. The van der Waals surface area contributed by atoms with Gasteiger partial charge in [-0.1, -0.05) is 97.1 Å². The molecule has 10 heteroatoms. The molecule has 0 saturated heterocycles. The Morgan fingerprint density at radius 1 is 0.328 bits per heavy atom. The molecule has 6 heterocycles. The average molecular weight is 863 g/mol. The molecule has 64 heavy (non-hydrogen) atoms. The topological polar surface area (TPSA) is 77.5 Å². The van der Waals surface area contributed by atoms with Crippen LogP contribution in [0.4, 0.5) is 34.1 Å². The maximum absolute atomic E-state index is 17.1. The first-order chi connectivity index (χ1) is 31.5. The fraction of sp³-hybridized carbons (Fsp3) is 0. The van der Waals surface area contributed by atoms with Gasteiger partial charge in [-0.25, -0.2) is 0 Å². The number of rotatable bonds is 2. The lowest BCUT2D eigenvalue weighted by Gasteiger charge is -2.46. The van der Waals surface area contributed by atoms with Gasteiger partial charge < -0.3 is 37.9 Å². The highest BCUT2D eigenvalue weighted by atomic mass is 31.2. The van der Waals surface area contributed by atoms with E-state index in [-0.39, 0.29) is 0 Å². The van der Waals surface area contributed by atoms with E-state index < -0.39 is 14.3 Å². The van der Waals surface area contributed by atoms with Gasteiger partial charge in [0.1, 0.15) is 56.6 Å². The van der Waals surface area contributed by atoms with Crippen molar-refractivity contribution in [1.82, 2.24) is 0 Å². The van der Waals surface area contributed by atoms with Gasteiger partial charge in [-0.3, -0.25) is 0 Å². The van der Waals surface area contributed by atoms with Crippen molar-refractivity contribution in [2.75, 3.05) is 9.80 Å². The van der Waals surface area contributed by atoms with E-state index in [2.05, 4.69) is 34.1 Å². The second-order valence-electron chi connectivity index (χ2n) is 17.0. The Balaban J connectivity index is 1.12. The molecule has 0 bridgehead atoms. The van der Waals surface area contributed by atoms with Crippen molar-refractivity contribution in [1.29, 1.82) is 0 Å². The smallest absolute Gasteiger partial charge is 0.189 e. The highest BCUT2D eigenvalue weighted by molar-refractivity contribution is 7.87. The molecule has 6 aliphatic rings. The van der Waals surface area contributed by atoms with Crippen LogP contribution in [-0.4, -0.2) is 0 Å². The van der Waals surface area contributed by atoms with Crippen molar-refractivity contribution in [3.8, 4) is 46.0 Å². The normalized spacial score (nSPS) is 19.0. The number of hydrogen-bond acceptors (Lipinski definition) is 8. The molecule has 8 nitrogen and oxygen atoms in total. The Kier molecular flexibility index (Phi) is 5.94. The van der Waals surface area contributed by atoms with Crippen LogP contribution in [0.1, 0.15) is 0 Å². The van der Waals surface area contributed by atoms with Crippen molar-refractivity contribution in [2.24, 2.45) is 0 Å². The average Bonchev–Trinajstić information content (AvgIpc) is 3.32. The van der Waals surface area contributed by atoms with Crippen LogP contribution >= 0.6 is 14.3 Å². The monoisotopic (exact) mass is 862 g/mol. The molecule has 16 rings (SSSR count). The van der Waals surface area contributed by atoms with Crippen LogP contribution in [0.5, 0.6) is 46.0 Å². The summed E-state index contributed by atoms with van der Waals surface area (Å²) in [7, 11) is -7.48. The lowest BCUT2D eigenvalue weighted by atomic mass is 10.00. The zero-order chi connectivity index (χ0) is 41.8. The van der Waals surface area contributed by atoms with Crippen molar-refractivity contribution < 1.29 is 28.1 Å². The van der Waals surface area contributed by atoms with Gasteiger partial charge in [0, 0.05) is 32.9 Å². The Labute approximate surface area is 364 Å². The number of benzene rings is 10. The van der Waals surface area contributed by atoms with E-state index in [4.69, 9.17) is 18.9 Å². The molecule has 300 valence electrons. The summed E-state index contributed by atoms with van der Waals surface area (Å²) >= 11 is 0. The van der Waals surface area contributed by atoms with E-state index in [1.165, 1.54) is 0 Å². The van der Waals surface area contributed by atoms with Crippen LogP contribution in [0.25, 0.3) is 32.3 Å². The zero-order valence-corrected chi connectivity index (χ0v) is 35.2. The lowest BCUT2D eigenvalue weighted by molar-refractivity contribution is 0.464. The molecule has 0 radical (unpaired) electrons. The van der Waals surface area contributed by atoms with Crippen LogP contribution in [0, 0.1) is 0 Å². The van der Waals surface area contributed by atoms with E-state index >= 15 is 9.13 Å². The molecule has 2 atom stereocenters. The molecule has 0 aliphatic carbocycles.